The summed E-state index contributed by atoms with van der Waals surface area (Å²) in [7, 11) is 0. The molecule has 1 aromatic heterocycles. The maximum atomic E-state index is 9.20. The van der Waals surface area contributed by atoms with Gasteiger partial charge in [0.1, 0.15) is 5.82 Å². The largest absolute Gasteiger partial charge is 0.392 e. The normalized spacial score (nSPS) is 24.6. The minimum absolute atomic E-state index is 0.136. The van der Waals surface area contributed by atoms with Crippen molar-refractivity contribution in [1.29, 1.82) is 0 Å². The van der Waals surface area contributed by atoms with Crippen molar-refractivity contribution in [1.82, 2.24) is 9.88 Å². The van der Waals surface area contributed by atoms with Gasteiger partial charge in [-0.1, -0.05) is 30.3 Å². The third kappa shape index (κ3) is 3.92. The number of hydrogen-bond acceptors (Lipinski definition) is 4. The summed E-state index contributed by atoms with van der Waals surface area (Å²) in [6.07, 6.45) is 7.05. The van der Waals surface area contributed by atoms with Gasteiger partial charge in [-0.25, -0.2) is 4.98 Å². The lowest BCUT2D eigenvalue weighted by Crippen LogP contribution is -2.51. The van der Waals surface area contributed by atoms with E-state index in [0.29, 0.717) is 5.92 Å². The molecule has 1 aromatic carbocycles. The van der Waals surface area contributed by atoms with Gasteiger partial charge in [-0.05, 0) is 54.9 Å². The fourth-order valence-corrected chi connectivity index (χ4v) is 4.53. The second kappa shape index (κ2) is 8.19. The first-order valence-corrected chi connectivity index (χ1v) is 9.93. The summed E-state index contributed by atoms with van der Waals surface area (Å²) < 4.78 is 0. The topological polar surface area (TPSA) is 39.6 Å². The van der Waals surface area contributed by atoms with Crippen LogP contribution >= 0.6 is 0 Å². The number of rotatable bonds is 4. The highest BCUT2D eigenvalue weighted by atomic mass is 16.3. The van der Waals surface area contributed by atoms with Gasteiger partial charge in [-0.3, -0.25) is 4.90 Å². The number of aliphatic hydroxyl groups excluding tert-OH is 1. The second-order valence-corrected chi connectivity index (χ2v) is 7.62. The highest BCUT2D eigenvalue weighted by molar-refractivity contribution is 5.38. The van der Waals surface area contributed by atoms with E-state index in [1.54, 1.807) is 0 Å². The Kier molecular flexibility index (Phi) is 5.51. The second-order valence-electron chi connectivity index (χ2n) is 7.62. The maximum Gasteiger partial charge on any atom is 0.128 e. The minimum atomic E-state index is 0.136. The Bertz CT molecular complexity index is 672. The molecule has 2 fully saturated rings. The van der Waals surface area contributed by atoms with Gasteiger partial charge in [0.05, 0.1) is 6.61 Å². The molecule has 26 heavy (non-hydrogen) atoms. The average Bonchev–Trinajstić information content (AvgIpc) is 2.75. The maximum absolute atomic E-state index is 9.20. The van der Waals surface area contributed by atoms with E-state index in [9.17, 15) is 5.11 Å². The molecule has 1 aliphatic heterocycles. The van der Waals surface area contributed by atoms with Crippen molar-refractivity contribution in [3.63, 3.8) is 0 Å². The van der Waals surface area contributed by atoms with E-state index in [1.165, 1.54) is 31.2 Å². The summed E-state index contributed by atoms with van der Waals surface area (Å²) in [5.41, 5.74) is 2.45. The number of piperazine rings is 1. The van der Waals surface area contributed by atoms with E-state index in [4.69, 9.17) is 0 Å². The molecular formula is C22H29N3O. The Morgan fingerprint density at radius 1 is 0.885 bits per heavy atom. The zero-order valence-corrected chi connectivity index (χ0v) is 15.4. The van der Waals surface area contributed by atoms with Gasteiger partial charge in [-0.15, -0.1) is 0 Å². The molecule has 0 spiro atoms. The molecule has 0 amide bonds. The molecule has 0 bridgehead atoms. The lowest BCUT2D eigenvalue weighted by molar-refractivity contribution is 0.141. The zero-order chi connectivity index (χ0) is 17.8. The molecule has 0 unspecified atom stereocenters. The van der Waals surface area contributed by atoms with E-state index in [1.807, 2.05) is 12.3 Å². The summed E-state index contributed by atoms with van der Waals surface area (Å²) in [5.74, 6) is 1.80. The number of anilines is 1. The molecule has 4 heteroatoms. The van der Waals surface area contributed by atoms with Gasteiger partial charge >= 0.3 is 0 Å². The van der Waals surface area contributed by atoms with Crippen LogP contribution < -0.4 is 4.90 Å². The Morgan fingerprint density at radius 3 is 2.23 bits per heavy atom. The molecule has 1 aliphatic carbocycles. The SMILES string of the molecule is OCc1ccc(C2CCC(N3CCN(c4ccccn4)CC3)CC2)cc1. The molecule has 4 rings (SSSR count). The van der Waals surface area contributed by atoms with E-state index in [-0.39, 0.29) is 6.61 Å². The first-order chi connectivity index (χ1) is 12.8. The van der Waals surface area contributed by atoms with E-state index in [0.717, 1.165) is 43.6 Å². The van der Waals surface area contributed by atoms with E-state index >= 15 is 0 Å². The molecule has 4 nitrogen and oxygen atoms in total. The lowest BCUT2D eigenvalue weighted by Gasteiger charge is -2.42. The van der Waals surface area contributed by atoms with E-state index in [2.05, 4.69) is 51.2 Å². The van der Waals surface area contributed by atoms with Gasteiger partial charge < -0.3 is 10.0 Å². The van der Waals surface area contributed by atoms with Crippen LogP contribution in [0.1, 0.15) is 42.7 Å². The molecule has 1 saturated carbocycles. The first kappa shape index (κ1) is 17.5. The van der Waals surface area contributed by atoms with Crippen LogP contribution in [0.5, 0.6) is 0 Å². The molecule has 0 radical (unpaired) electrons. The van der Waals surface area contributed by atoms with Crippen molar-refractivity contribution in [2.24, 2.45) is 0 Å². The van der Waals surface area contributed by atoms with Crippen LogP contribution in [0.15, 0.2) is 48.7 Å². The fourth-order valence-electron chi connectivity index (χ4n) is 4.53. The molecule has 2 aliphatic rings. The predicted molar refractivity (Wildman–Crippen MR) is 105 cm³/mol. The quantitative estimate of drug-likeness (QED) is 0.916. The average molecular weight is 351 g/mol. The molecule has 0 atom stereocenters. The number of aromatic nitrogens is 1. The van der Waals surface area contributed by atoms with Crippen LogP contribution in [0.2, 0.25) is 0 Å². The lowest BCUT2D eigenvalue weighted by atomic mass is 9.81. The number of aliphatic hydroxyl groups is 1. The van der Waals surface area contributed by atoms with Crippen molar-refractivity contribution in [2.45, 2.75) is 44.2 Å². The molecule has 2 heterocycles. The van der Waals surface area contributed by atoms with Crippen molar-refractivity contribution >= 4 is 5.82 Å². The monoisotopic (exact) mass is 351 g/mol. The van der Waals surface area contributed by atoms with Crippen LogP contribution in [-0.2, 0) is 6.61 Å². The number of hydrogen-bond donors (Lipinski definition) is 1. The van der Waals surface area contributed by atoms with Crippen LogP contribution in [0.3, 0.4) is 0 Å². The summed E-state index contributed by atoms with van der Waals surface area (Å²) in [6.45, 7) is 4.60. The Labute approximate surface area is 156 Å². The Balaban J connectivity index is 1.27. The molecule has 1 saturated heterocycles. The Morgan fingerprint density at radius 2 is 1.62 bits per heavy atom. The highest BCUT2D eigenvalue weighted by Crippen LogP contribution is 2.35. The van der Waals surface area contributed by atoms with Crippen LogP contribution in [0.25, 0.3) is 0 Å². The standard InChI is InChI=1S/C22H29N3O/c26-17-18-4-6-19(7-5-18)20-8-10-21(11-9-20)24-13-15-25(16-14-24)22-3-1-2-12-23-22/h1-7,12,20-21,26H,8-11,13-17H2. The predicted octanol–water partition coefficient (Wildman–Crippen LogP) is 3.42. The molecule has 2 aromatic rings. The zero-order valence-electron chi connectivity index (χ0n) is 15.4. The highest BCUT2D eigenvalue weighted by Gasteiger charge is 2.29. The molecule has 1 N–H and O–H groups in total. The fraction of sp³-hybridized carbons (Fsp3) is 0.500. The van der Waals surface area contributed by atoms with Crippen LogP contribution in [-0.4, -0.2) is 47.2 Å². The summed E-state index contributed by atoms with van der Waals surface area (Å²) >= 11 is 0. The van der Waals surface area contributed by atoms with Crippen LogP contribution in [0.4, 0.5) is 5.82 Å². The van der Waals surface area contributed by atoms with Gasteiger partial charge in [0.15, 0.2) is 0 Å². The summed E-state index contributed by atoms with van der Waals surface area (Å²) in [6, 6.07) is 15.5. The smallest absolute Gasteiger partial charge is 0.128 e. The molecular weight excluding hydrogens is 322 g/mol. The van der Waals surface area contributed by atoms with Crippen molar-refractivity contribution in [2.75, 3.05) is 31.1 Å². The third-order valence-electron chi connectivity index (χ3n) is 6.13. The first-order valence-electron chi connectivity index (χ1n) is 9.93. The summed E-state index contributed by atoms with van der Waals surface area (Å²) in [5, 5.41) is 9.20. The van der Waals surface area contributed by atoms with Crippen molar-refractivity contribution in [3.05, 3.63) is 59.8 Å². The third-order valence-corrected chi connectivity index (χ3v) is 6.13. The van der Waals surface area contributed by atoms with Gasteiger partial charge in [0.2, 0.25) is 0 Å². The minimum Gasteiger partial charge on any atom is -0.392 e. The summed E-state index contributed by atoms with van der Waals surface area (Å²) in [4.78, 5) is 9.59. The van der Waals surface area contributed by atoms with Gasteiger partial charge in [-0.2, -0.15) is 0 Å². The van der Waals surface area contributed by atoms with Crippen molar-refractivity contribution < 1.29 is 5.11 Å². The van der Waals surface area contributed by atoms with Crippen LogP contribution in [0, 0.1) is 0 Å². The van der Waals surface area contributed by atoms with E-state index < -0.39 is 0 Å². The number of pyridine rings is 1. The number of nitrogens with zero attached hydrogens (tertiary/aromatic N) is 3. The van der Waals surface area contributed by atoms with Gasteiger partial charge in [0, 0.05) is 38.4 Å². The Hall–Kier alpha value is -1.91. The van der Waals surface area contributed by atoms with Crippen molar-refractivity contribution in [3.8, 4) is 0 Å². The molecule has 138 valence electrons. The number of benzene rings is 1. The van der Waals surface area contributed by atoms with Gasteiger partial charge in [0.25, 0.3) is 0 Å².